The van der Waals surface area contributed by atoms with Gasteiger partial charge in [0, 0.05) is 13.0 Å². The Bertz CT molecular complexity index is 484. The van der Waals surface area contributed by atoms with E-state index in [9.17, 15) is 9.59 Å². The number of benzene rings is 1. The molecule has 0 saturated carbocycles. The van der Waals surface area contributed by atoms with E-state index in [4.69, 9.17) is 5.11 Å². The molecule has 4 heteroatoms. The predicted octanol–water partition coefficient (Wildman–Crippen LogP) is 2.00. The molecule has 1 heterocycles. The Labute approximate surface area is 113 Å². The Kier molecular flexibility index (Phi) is 4.20. The highest BCUT2D eigenvalue weighted by molar-refractivity contribution is 5.84. The highest BCUT2D eigenvalue weighted by Crippen LogP contribution is 2.19. The first-order valence-corrected chi connectivity index (χ1v) is 6.66. The van der Waals surface area contributed by atoms with Crippen LogP contribution in [0.1, 0.15) is 30.4 Å². The molecule has 0 spiro atoms. The molecule has 0 bridgehead atoms. The van der Waals surface area contributed by atoms with Crippen LogP contribution in [0.3, 0.4) is 0 Å². The Morgan fingerprint density at radius 2 is 2.11 bits per heavy atom. The lowest BCUT2D eigenvalue weighted by atomic mass is 10.0. The van der Waals surface area contributed by atoms with E-state index in [0.717, 1.165) is 12.0 Å². The minimum atomic E-state index is -0.887. The third-order valence-electron chi connectivity index (χ3n) is 3.73. The zero-order valence-corrected chi connectivity index (χ0v) is 11.1. The lowest BCUT2D eigenvalue weighted by Gasteiger charge is -2.21. The van der Waals surface area contributed by atoms with Crippen LogP contribution in [0, 0.1) is 6.92 Å². The fourth-order valence-electron chi connectivity index (χ4n) is 2.60. The van der Waals surface area contributed by atoms with Crippen molar-refractivity contribution in [1.82, 2.24) is 4.90 Å². The van der Waals surface area contributed by atoms with E-state index in [-0.39, 0.29) is 5.91 Å². The van der Waals surface area contributed by atoms with Crippen LogP contribution in [0.2, 0.25) is 0 Å². The van der Waals surface area contributed by atoms with Crippen molar-refractivity contribution in [3.8, 4) is 0 Å². The summed E-state index contributed by atoms with van der Waals surface area (Å²) < 4.78 is 0. The maximum Gasteiger partial charge on any atom is 0.326 e. The number of nitrogens with zero attached hydrogens (tertiary/aromatic N) is 1. The summed E-state index contributed by atoms with van der Waals surface area (Å²) in [6, 6.07) is 7.35. The van der Waals surface area contributed by atoms with Crippen molar-refractivity contribution >= 4 is 11.9 Å². The smallest absolute Gasteiger partial charge is 0.326 e. The van der Waals surface area contributed by atoms with Crippen LogP contribution >= 0.6 is 0 Å². The summed E-state index contributed by atoms with van der Waals surface area (Å²) in [5, 5.41) is 9.07. The maximum absolute atomic E-state index is 12.1. The van der Waals surface area contributed by atoms with E-state index in [1.54, 1.807) is 0 Å². The second-order valence-corrected chi connectivity index (χ2v) is 5.01. The first kappa shape index (κ1) is 13.6. The summed E-state index contributed by atoms with van der Waals surface area (Å²) in [4.78, 5) is 24.7. The molecule has 1 aromatic rings. The van der Waals surface area contributed by atoms with Gasteiger partial charge in [-0.2, -0.15) is 0 Å². The molecule has 1 N–H and O–H groups in total. The van der Waals surface area contributed by atoms with Crippen LogP contribution < -0.4 is 0 Å². The molecule has 0 radical (unpaired) electrons. The zero-order valence-electron chi connectivity index (χ0n) is 11.1. The third kappa shape index (κ3) is 3.13. The van der Waals surface area contributed by atoms with Gasteiger partial charge in [0.1, 0.15) is 6.04 Å². The lowest BCUT2D eigenvalue weighted by molar-refractivity contribution is -0.148. The Morgan fingerprint density at radius 3 is 2.79 bits per heavy atom. The summed E-state index contributed by atoms with van der Waals surface area (Å²) in [7, 11) is 0. The largest absolute Gasteiger partial charge is 0.480 e. The lowest BCUT2D eigenvalue weighted by Crippen LogP contribution is -2.40. The molecule has 1 aliphatic rings. The average molecular weight is 261 g/mol. The van der Waals surface area contributed by atoms with E-state index in [1.807, 2.05) is 31.2 Å². The Hall–Kier alpha value is -1.84. The first-order chi connectivity index (χ1) is 9.09. The molecule has 19 heavy (non-hydrogen) atoms. The normalized spacial score (nSPS) is 18.6. The van der Waals surface area contributed by atoms with Gasteiger partial charge in [0.2, 0.25) is 5.91 Å². The van der Waals surface area contributed by atoms with Gasteiger partial charge in [0.15, 0.2) is 0 Å². The van der Waals surface area contributed by atoms with E-state index >= 15 is 0 Å². The van der Waals surface area contributed by atoms with Crippen LogP contribution in [0.15, 0.2) is 24.3 Å². The minimum Gasteiger partial charge on any atom is -0.480 e. The van der Waals surface area contributed by atoms with Gasteiger partial charge in [0.25, 0.3) is 0 Å². The van der Waals surface area contributed by atoms with Crippen LogP contribution in [-0.4, -0.2) is 34.5 Å². The van der Waals surface area contributed by atoms with Crippen molar-refractivity contribution in [3.63, 3.8) is 0 Å². The molecule has 1 atom stereocenters. The SMILES string of the molecule is Cc1ccccc1CCC(=O)N1CCC[C@H]1C(=O)O. The predicted molar refractivity (Wildman–Crippen MR) is 71.9 cm³/mol. The molecule has 0 unspecified atom stereocenters. The number of amides is 1. The molecule has 1 fully saturated rings. The van der Waals surface area contributed by atoms with Crippen molar-refractivity contribution in [2.75, 3.05) is 6.54 Å². The van der Waals surface area contributed by atoms with Crippen LogP contribution in [0.4, 0.5) is 0 Å². The average Bonchev–Trinajstić information content (AvgIpc) is 2.87. The van der Waals surface area contributed by atoms with Crippen LogP contribution in [0.25, 0.3) is 0 Å². The first-order valence-electron chi connectivity index (χ1n) is 6.66. The molecule has 2 rings (SSSR count). The van der Waals surface area contributed by atoms with Crippen LogP contribution in [0.5, 0.6) is 0 Å². The van der Waals surface area contributed by atoms with Gasteiger partial charge in [-0.3, -0.25) is 4.79 Å². The summed E-state index contributed by atoms with van der Waals surface area (Å²) in [6.07, 6.45) is 2.42. The fraction of sp³-hybridized carbons (Fsp3) is 0.467. The minimum absolute atomic E-state index is 0.0480. The molecule has 4 nitrogen and oxygen atoms in total. The number of hydrogen-bond acceptors (Lipinski definition) is 2. The number of likely N-dealkylation sites (tertiary alicyclic amines) is 1. The number of carbonyl (C=O) groups is 2. The Balaban J connectivity index is 1.95. The topological polar surface area (TPSA) is 57.6 Å². The van der Waals surface area contributed by atoms with Crippen LogP contribution in [-0.2, 0) is 16.0 Å². The molecule has 0 aliphatic carbocycles. The molecule has 1 saturated heterocycles. The number of carbonyl (C=O) groups excluding carboxylic acids is 1. The highest BCUT2D eigenvalue weighted by atomic mass is 16.4. The number of hydrogen-bond donors (Lipinski definition) is 1. The summed E-state index contributed by atoms with van der Waals surface area (Å²) in [5.74, 6) is -0.935. The Morgan fingerprint density at radius 1 is 1.37 bits per heavy atom. The number of aliphatic carboxylic acids is 1. The summed E-state index contributed by atoms with van der Waals surface area (Å²) in [6.45, 7) is 2.60. The van der Waals surface area contributed by atoms with E-state index < -0.39 is 12.0 Å². The molecule has 1 aliphatic heterocycles. The van der Waals surface area contributed by atoms with Gasteiger partial charge in [-0.25, -0.2) is 4.79 Å². The molecule has 0 aromatic heterocycles. The fourth-order valence-corrected chi connectivity index (χ4v) is 2.60. The number of carboxylic acid groups (broad SMARTS) is 1. The second-order valence-electron chi connectivity index (χ2n) is 5.01. The van der Waals surface area contributed by atoms with Gasteiger partial charge in [-0.1, -0.05) is 24.3 Å². The number of aryl methyl sites for hydroxylation is 2. The molecular weight excluding hydrogens is 242 g/mol. The van der Waals surface area contributed by atoms with Gasteiger partial charge in [-0.05, 0) is 37.3 Å². The van der Waals surface area contributed by atoms with Crippen molar-refractivity contribution < 1.29 is 14.7 Å². The third-order valence-corrected chi connectivity index (χ3v) is 3.73. The molecule has 1 amide bonds. The summed E-state index contributed by atoms with van der Waals surface area (Å²) in [5.41, 5.74) is 2.33. The van der Waals surface area contributed by atoms with Crippen molar-refractivity contribution in [1.29, 1.82) is 0 Å². The highest BCUT2D eigenvalue weighted by Gasteiger charge is 2.33. The molecule has 102 valence electrons. The van der Waals surface area contributed by atoms with Gasteiger partial charge >= 0.3 is 5.97 Å². The second kappa shape index (κ2) is 5.87. The van der Waals surface area contributed by atoms with Crippen molar-refractivity contribution in [2.45, 2.75) is 38.6 Å². The van der Waals surface area contributed by atoms with E-state index in [0.29, 0.717) is 25.8 Å². The van der Waals surface area contributed by atoms with Gasteiger partial charge < -0.3 is 10.0 Å². The summed E-state index contributed by atoms with van der Waals surface area (Å²) >= 11 is 0. The molecular formula is C15H19NO3. The van der Waals surface area contributed by atoms with Gasteiger partial charge in [0.05, 0.1) is 0 Å². The van der Waals surface area contributed by atoms with E-state index in [1.165, 1.54) is 10.5 Å². The standard InChI is InChI=1S/C15H19NO3/c1-11-5-2-3-6-12(11)8-9-14(17)16-10-4-7-13(16)15(18)19/h2-3,5-6,13H,4,7-10H2,1H3,(H,18,19)/t13-/m0/s1. The quantitative estimate of drug-likeness (QED) is 0.902. The zero-order chi connectivity index (χ0) is 13.8. The van der Waals surface area contributed by atoms with Crippen molar-refractivity contribution in [2.24, 2.45) is 0 Å². The monoisotopic (exact) mass is 261 g/mol. The number of rotatable bonds is 4. The van der Waals surface area contributed by atoms with E-state index in [2.05, 4.69) is 0 Å². The van der Waals surface area contributed by atoms with Crippen molar-refractivity contribution in [3.05, 3.63) is 35.4 Å². The molecule has 1 aromatic carbocycles. The number of carboxylic acids is 1. The maximum atomic E-state index is 12.1. The van der Waals surface area contributed by atoms with Gasteiger partial charge in [-0.15, -0.1) is 0 Å².